The molecule has 2 N–H and O–H groups in total. The van der Waals surface area contributed by atoms with Crippen molar-refractivity contribution in [1.29, 1.82) is 0 Å². The van der Waals surface area contributed by atoms with E-state index < -0.39 is 0 Å². The number of hydrogen-bond acceptors (Lipinski definition) is 3. The van der Waals surface area contributed by atoms with Crippen molar-refractivity contribution >= 4 is 17.5 Å². The number of rotatable bonds is 7. The van der Waals surface area contributed by atoms with Gasteiger partial charge in [-0.1, -0.05) is 42.5 Å². The molecule has 0 aromatic heterocycles. The van der Waals surface area contributed by atoms with Gasteiger partial charge in [-0.3, -0.25) is 9.59 Å². The Kier molecular flexibility index (Phi) is 6.76. The minimum Gasteiger partial charge on any atom is -0.351 e. The maximum absolute atomic E-state index is 12.5. The van der Waals surface area contributed by atoms with Gasteiger partial charge in [0.2, 0.25) is 0 Å². The molecule has 5 heteroatoms. The Morgan fingerprint density at radius 2 is 1.28 bits per heavy atom. The van der Waals surface area contributed by atoms with Crippen LogP contribution in [0.3, 0.4) is 0 Å². The lowest BCUT2D eigenvalue weighted by Gasteiger charge is -2.11. The molecule has 3 rings (SSSR count). The number of nitrogens with zero attached hydrogens (tertiary/aromatic N) is 1. The zero-order valence-electron chi connectivity index (χ0n) is 16.7. The summed E-state index contributed by atoms with van der Waals surface area (Å²) >= 11 is 0. The maximum atomic E-state index is 12.5. The van der Waals surface area contributed by atoms with Gasteiger partial charge < -0.3 is 15.5 Å². The van der Waals surface area contributed by atoms with Gasteiger partial charge in [0.05, 0.1) is 0 Å². The summed E-state index contributed by atoms with van der Waals surface area (Å²) in [5.74, 6) is -0.311. The molecular weight excluding hydrogens is 362 g/mol. The fourth-order valence-electron chi connectivity index (χ4n) is 2.85. The molecule has 0 spiro atoms. The first-order valence-corrected chi connectivity index (χ1v) is 9.53. The van der Waals surface area contributed by atoms with Crippen molar-refractivity contribution in [1.82, 2.24) is 10.2 Å². The van der Waals surface area contributed by atoms with Gasteiger partial charge in [0.25, 0.3) is 11.8 Å². The first kappa shape index (κ1) is 20.3. The van der Waals surface area contributed by atoms with Crippen LogP contribution in [0.4, 0.5) is 5.69 Å². The highest BCUT2D eigenvalue weighted by atomic mass is 16.2. The summed E-state index contributed by atoms with van der Waals surface area (Å²) in [5.41, 5.74) is 3.96. The Hall–Kier alpha value is -3.44. The van der Waals surface area contributed by atoms with Crippen molar-refractivity contribution in [2.24, 2.45) is 0 Å². The van der Waals surface area contributed by atoms with Gasteiger partial charge in [-0.25, -0.2) is 0 Å². The van der Waals surface area contributed by atoms with Crippen LogP contribution in [-0.4, -0.2) is 43.9 Å². The second-order valence-electron chi connectivity index (χ2n) is 7.03. The number of anilines is 1. The largest absolute Gasteiger partial charge is 0.351 e. The minimum absolute atomic E-state index is 0.124. The van der Waals surface area contributed by atoms with Crippen molar-refractivity contribution < 1.29 is 9.59 Å². The Balaban J connectivity index is 1.58. The van der Waals surface area contributed by atoms with E-state index in [-0.39, 0.29) is 11.8 Å². The van der Waals surface area contributed by atoms with Crippen molar-refractivity contribution in [3.8, 4) is 11.1 Å². The Bertz CT molecular complexity index is 950. The Morgan fingerprint density at radius 1 is 0.724 bits per heavy atom. The average molecular weight is 387 g/mol. The summed E-state index contributed by atoms with van der Waals surface area (Å²) < 4.78 is 0. The van der Waals surface area contributed by atoms with E-state index in [9.17, 15) is 9.59 Å². The van der Waals surface area contributed by atoms with Crippen molar-refractivity contribution in [2.45, 2.75) is 0 Å². The Morgan fingerprint density at radius 3 is 1.90 bits per heavy atom. The highest BCUT2D eigenvalue weighted by Crippen LogP contribution is 2.20. The number of hydrogen-bond donors (Lipinski definition) is 2. The van der Waals surface area contributed by atoms with Crippen LogP contribution in [0.2, 0.25) is 0 Å². The van der Waals surface area contributed by atoms with Crippen LogP contribution in [0.25, 0.3) is 11.1 Å². The summed E-state index contributed by atoms with van der Waals surface area (Å²) in [7, 11) is 3.91. The quantitative estimate of drug-likeness (QED) is 0.646. The molecule has 0 unspecified atom stereocenters. The molecule has 29 heavy (non-hydrogen) atoms. The predicted octanol–water partition coefficient (Wildman–Crippen LogP) is 3.90. The molecule has 0 bridgehead atoms. The first-order valence-electron chi connectivity index (χ1n) is 9.53. The van der Waals surface area contributed by atoms with Gasteiger partial charge in [-0.2, -0.15) is 0 Å². The third-order valence-corrected chi connectivity index (χ3v) is 4.50. The molecule has 148 valence electrons. The molecule has 0 saturated heterocycles. The number of amides is 2. The average Bonchev–Trinajstić information content (AvgIpc) is 2.74. The summed E-state index contributed by atoms with van der Waals surface area (Å²) in [6.07, 6.45) is 0. The zero-order chi connectivity index (χ0) is 20.6. The van der Waals surface area contributed by atoms with Crippen LogP contribution in [-0.2, 0) is 0 Å². The van der Waals surface area contributed by atoms with Gasteiger partial charge >= 0.3 is 0 Å². The van der Waals surface area contributed by atoms with E-state index in [2.05, 4.69) is 10.6 Å². The zero-order valence-corrected chi connectivity index (χ0v) is 16.7. The predicted molar refractivity (Wildman–Crippen MR) is 117 cm³/mol. The highest BCUT2D eigenvalue weighted by Gasteiger charge is 2.09. The highest BCUT2D eigenvalue weighted by molar-refractivity contribution is 6.04. The summed E-state index contributed by atoms with van der Waals surface area (Å²) in [6, 6.07) is 24.4. The van der Waals surface area contributed by atoms with E-state index in [0.717, 1.165) is 17.7 Å². The molecule has 0 saturated carbocycles. The molecule has 0 aliphatic carbocycles. The minimum atomic E-state index is -0.187. The standard InChI is InChI=1S/C24H25N3O2/c1-27(2)17-16-25-23(28)20-12-14-22(15-13-20)26-24(29)21-10-8-19(9-11-21)18-6-4-3-5-7-18/h3-15H,16-17H2,1-2H3,(H,25,28)(H,26,29). The molecule has 2 amide bonds. The van der Waals surface area contributed by atoms with E-state index in [0.29, 0.717) is 23.4 Å². The number of carbonyl (C=O) groups excluding carboxylic acids is 2. The SMILES string of the molecule is CN(C)CCNC(=O)c1ccc(NC(=O)c2ccc(-c3ccccc3)cc2)cc1. The second kappa shape index (κ2) is 9.66. The molecule has 0 heterocycles. The molecular formula is C24H25N3O2. The lowest BCUT2D eigenvalue weighted by molar-refractivity contribution is 0.0950. The van der Waals surface area contributed by atoms with E-state index >= 15 is 0 Å². The van der Waals surface area contributed by atoms with E-state index in [4.69, 9.17) is 0 Å². The van der Waals surface area contributed by atoms with Crippen LogP contribution in [0.5, 0.6) is 0 Å². The monoisotopic (exact) mass is 387 g/mol. The van der Waals surface area contributed by atoms with Gasteiger partial charge in [0, 0.05) is 29.9 Å². The van der Waals surface area contributed by atoms with Crippen molar-refractivity contribution in [3.05, 3.63) is 90.0 Å². The summed E-state index contributed by atoms with van der Waals surface area (Å²) in [5, 5.41) is 5.73. The first-order chi connectivity index (χ1) is 14.0. The summed E-state index contributed by atoms with van der Waals surface area (Å²) in [4.78, 5) is 26.6. The second-order valence-corrected chi connectivity index (χ2v) is 7.03. The van der Waals surface area contributed by atoms with Gasteiger partial charge in [0.15, 0.2) is 0 Å². The van der Waals surface area contributed by atoms with Crippen LogP contribution in [0, 0.1) is 0 Å². The van der Waals surface area contributed by atoms with Crippen LogP contribution in [0.15, 0.2) is 78.9 Å². The van der Waals surface area contributed by atoms with Crippen LogP contribution in [0.1, 0.15) is 20.7 Å². The Labute approximate surface area is 171 Å². The lowest BCUT2D eigenvalue weighted by atomic mass is 10.0. The molecule has 5 nitrogen and oxygen atoms in total. The van der Waals surface area contributed by atoms with Crippen LogP contribution < -0.4 is 10.6 Å². The molecule has 0 atom stereocenters. The third-order valence-electron chi connectivity index (χ3n) is 4.50. The number of likely N-dealkylation sites (N-methyl/N-ethyl adjacent to an activating group) is 1. The smallest absolute Gasteiger partial charge is 0.255 e. The van der Waals surface area contributed by atoms with Gasteiger partial charge in [-0.05, 0) is 61.6 Å². The fourth-order valence-corrected chi connectivity index (χ4v) is 2.85. The number of carbonyl (C=O) groups is 2. The lowest BCUT2D eigenvalue weighted by Crippen LogP contribution is -2.31. The third kappa shape index (κ3) is 5.77. The molecule has 3 aromatic rings. The van der Waals surface area contributed by atoms with Gasteiger partial charge in [0.1, 0.15) is 0 Å². The molecule has 0 aliphatic heterocycles. The molecule has 3 aromatic carbocycles. The molecule has 0 fully saturated rings. The number of benzene rings is 3. The van der Waals surface area contributed by atoms with E-state index in [1.54, 1.807) is 24.3 Å². The summed E-state index contributed by atoms with van der Waals surface area (Å²) in [6.45, 7) is 1.37. The molecule has 0 aliphatic rings. The van der Waals surface area contributed by atoms with Crippen molar-refractivity contribution in [3.63, 3.8) is 0 Å². The topological polar surface area (TPSA) is 61.4 Å². The van der Waals surface area contributed by atoms with E-state index in [1.165, 1.54) is 0 Å². The van der Waals surface area contributed by atoms with E-state index in [1.807, 2.05) is 73.6 Å². The number of nitrogens with one attached hydrogen (secondary N) is 2. The van der Waals surface area contributed by atoms with Crippen LogP contribution >= 0.6 is 0 Å². The van der Waals surface area contributed by atoms with Gasteiger partial charge in [-0.15, -0.1) is 0 Å². The fraction of sp³-hybridized carbons (Fsp3) is 0.167. The van der Waals surface area contributed by atoms with Crippen molar-refractivity contribution in [2.75, 3.05) is 32.5 Å². The maximum Gasteiger partial charge on any atom is 0.255 e. The normalized spacial score (nSPS) is 10.6. The molecule has 0 radical (unpaired) electrons.